The smallest absolute Gasteiger partial charge is 0.195 e. The van der Waals surface area contributed by atoms with Gasteiger partial charge in [-0.25, -0.2) is 4.98 Å². The maximum absolute atomic E-state index is 10.8. The maximum Gasteiger partial charge on any atom is 0.195 e. The second-order valence-corrected chi connectivity index (χ2v) is 6.82. The zero-order valence-electron chi connectivity index (χ0n) is 16.6. The first-order valence-electron chi connectivity index (χ1n) is 9.56. The number of benzene rings is 2. The van der Waals surface area contributed by atoms with Gasteiger partial charge in [0.1, 0.15) is 30.1 Å². The van der Waals surface area contributed by atoms with E-state index in [0.29, 0.717) is 30.2 Å². The maximum atomic E-state index is 10.8. The Morgan fingerprint density at radius 1 is 1.07 bits per heavy atom. The molecule has 0 saturated carbocycles. The predicted octanol–water partition coefficient (Wildman–Crippen LogP) is 4.16. The molecular formula is C23H25NO5. The number of aldehydes is 1. The van der Waals surface area contributed by atoms with Crippen molar-refractivity contribution in [3.8, 4) is 34.1 Å². The standard InChI is InChI=1S/C23H25NO5/c1-16(11-12-25)15-21-24-22(17-3-7-19(27-2)8-4-17)23(29-21)18-5-9-20(10-6-18)28-14-13-26/h3-10,12,16,26H,11,13-15H2,1-2H3. The third-order valence-corrected chi connectivity index (χ3v) is 4.53. The largest absolute Gasteiger partial charge is 0.497 e. The van der Waals surface area contributed by atoms with E-state index in [-0.39, 0.29) is 19.1 Å². The normalized spacial score (nSPS) is 11.8. The number of carbonyl (C=O) groups is 1. The minimum Gasteiger partial charge on any atom is -0.497 e. The molecule has 0 radical (unpaired) electrons. The Morgan fingerprint density at radius 3 is 2.34 bits per heavy atom. The number of nitrogens with zero attached hydrogens (tertiary/aromatic N) is 1. The van der Waals surface area contributed by atoms with Crippen molar-refractivity contribution in [2.45, 2.75) is 19.8 Å². The molecule has 3 rings (SSSR count). The van der Waals surface area contributed by atoms with E-state index in [1.165, 1.54) is 0 Å². The SMILES string of the molecule is COc1ccc(-c2nc(CC(C)CC=O)oc2-c2ccc(OCCO)cc2)cc1. The van der Waals surface area contributed by atoms with Crippen LogP contribution in [-0.4, -0.2) is 36.7 Å². The summed E-state index contributed by atoms with van der Waals surface area (Å²) in [4.78, 5) is 15.5. The van der Waals surface area contributed by atoms with Gasteiger partial charge in [-0.3, -0.25) is 0 Å². The van der Waals surface area contributed by atoms with Crippen LogP contribution in [0.15, 0.2) is 52.9 Å². The van der Waals surface area contributed by atoms with Gasteiger partial charge in [0.2, 0.25) is 0 Å². The molecule has 6 heteroatoms. The molecule has 0 aliphatic rings. The predicted molar refractivity (Wildman–Crippen MR) is 110 cm³/mol. The van der Waals surface area contributed by atoms with Gasteiger partial charge in [-0.05, 0) is 54.4 Å². The number of oxazole rings is 1. The lowest BCUT2D eigenvalue weighted by Gasteiger charge is -2.06. The van der Waals surface area contributed by atoms with Gasteiger partial charge in [0.05, 0.1) is 13.7 Å². The first-order valence-corrected chi connectivity index (χ1v) is 9.56. The molecule has 0 aliphatic carbocycles. The van der Waals surface area contributed by atoms with Crippen LogP contribution in [-0.2, 0) is 11.2 Å². The van der Waals surface area contributed by atoms with Gasteiger partial charge in [-0.1, -0.05) is 6.92 Å². The summed E-state index contributed by atoms with van der Waals surface area (Å²) in [5.41, 5.74) is 2.53. The quantitative estimate of drug-likeness (QED) is 0.519. The van der Waals surface area contributed by atoms with Crippen molar-refractivity contribution in [3.63, 3.8) is 0 Å². The summed E-state index contributed by atoms with van der Waals surface area (Å²) in [6.07, 6.45) is 1.97. The van der Waals surface area contributed by atoms with Gasteiger partial charge in [0.25, 0.3) is 0 Å². The van der Waals surface area contributed by atoms with Gasteiger partial charge < -0.3 is 23.8 Å². The summed E-state index contributed by atoms with van der Waals surface area (Å²) < 4.78 is 16.8. The monoisotopic (exact) mass is 395 g/mol. The highest BCUT2D eigenvalue weighted by Gasteiger charge is 2.18. The third-order valence-electron chi connectivity index (χ3n) is 4.53. The van der Waals surface area contributed by atoms with E-state index in [2.05, 4.69) is 0 Å². The Labute approximate surface area is 170 Å². The highest BCUT2D eigenvalue weighted by molar-refractivity contribution is 5.77. The number of hydrogen-bond acceptors (Lipinski definition) is 6. The van der Waals surface area contributed by atoms with Gasteiger partial charge in [0.15, 0.2) is 11.7 Å². The molecule has 6 nitrogen and oxygen atoms in total. The molecule has 1 unspecified atom stereocenters. The van der Waals surface area contributed by atoms with Crippen molar-refractivity contribution in [2.75, 3.05) is 20.3 Å². The van der Waals surface area contributed by atoms with Crippen molar-refractivity contribution in [1.29, 1.82) is 0 Å². The Bertz CT molecular complexity index is 915. The molecule has 1 aromatic heterocycles. The van der Waals surface area contributed by atoms with Gasteiger partial charge >= 0.3 is 0 Å². The van der Waals surface area contributed by atoms with Crippen molar-refractivity contribution < 1.29 is 23.8 Å². The molecule has 0 fully saturated rings. The Kier molecular flexibility index (Phi) is 7.03. The fraction of sp³-hybridized carbons (Fsp3) is 0.304. The topological polar surface area (TPSA) is 81.8 Å². The molecule has 0 saturated heterocycles. The lowest BCUT2D eigenvalue weighted by atomic mass is 10.0. The second-order valence-electron chi connectivity index (χ2n) is 6.82. The number of aromatic nitrogens is 1. The van der Waals surface area contributed by atoms with E-state index in [9.17, 15) is 4.79 Å². The minimum absolute atomic E-state index is 0.0339. The molecular weight excluding hydrogens is 370 g/mol. The summed E-state index contributed by atoms with van der Waals surface area (Å²) in [6.45, 7) is 2.21. The zero-order chi connectivity index (χ0) is 20.6. The molecule has 1 N–H and O–H groups in total. The lowest BCUT2D eigenvalue weighted by molar-refractivity contribution is -0.108. The van der Waals surface area contributed by atoms with Crippen LogP contribution in [0.3, 0.4) is 0 Å². The van der Waals surface area contributed by atoms with Crippen LogP contribution in [0.5, 0.6) is 11.5 Å². The molecule has 1 heterocycles. The minimum atomic E-state index is -0.0339. The number of aliphatic hydroxyl groups excluding tert-OH is 1. The van der Waals surface area contributed by atoms with Gasteiger partial charge in [-0.2, -0.15) is 0 Å². The lowest BCUT2D eigenvalue weighted by Crippen LogP contribution is -2.01. The van der Waals surface area contributed by atoms with Gasteiger partial charge in [-0.15, -0.1) is 0 Å². The van der Waals surface area contributed by atoms with Crippen LogP contribution in [0.1, 0.15) is 19.2 Å². The molecule has 0 spiro atoms. The Hall–Kier alpha value is -3.12. The molecule has 3 aromatic rings. The molecule has 29 heavy (non-hydrogen) atoms. The summed E-state index contributed by atoms with van der Waals surface area (Å²) in [5.74, 6) is 2.85. The van der Waals surface area contributed by atoms with Crippen LogP contribution in [0.25, 0.3) is 22.6 Å². The summed E-state index contributed by atoms with van der Waals surface area (Å²) >= 11 is 0. The number of ether oxygens (including phenoxy) is 2. The first-order chi connectivity index (χ1) is 14.1. The molecule has 0 aliphatic heterocycles. The van der Waals surface area contributed by atoms with Gasteiger partial charge in [0, 0.05) is 24.0 Å². The Balaban J connectivity index is 1.96. The number of aliphatic hydroxyl groups is 1. The first kappa shape index (κ1) is 20.6. The number of carbonyl (C=O) groups excluding carboxylic acids is 1. The van der Waals surface area contributed by atoms with Crippen molar-refractivity contribution in [1.82, 2.24) is 4.98 Å². The molecule has 1 atom stereocenters. The van der Waals surface area contributed by atoms with E-state index in [1.54, 1.807) is 7.11 Å². The summed E-state index contributed by atoms with van der Waals surface area (Å²) in [5, 5.41) is 8.89. The Morgan fingerprint density at radius 2 is 1.72 bits per heavy atom. The van der Waals surface area contributed by atoms with Crippen LogP contribution in [0.4, 0.5) is 0 Å². The van der Waals surface area contributed by atoms with E-state index in [4.69, 9.17) is 24.0 Å². The van der Waals surface area contributed by atoms with Crippen LogP contribution >= 0.6 is 0 Å². The van der Waals surface area contributed by atoms with E-state index in [1.807, 2.05) is 55.5 Å². The van der Waals surface area contributed by atoms with E-state index >= 15 is 0 Å². The average Bonchev–Trinajstić information content (AvgIpc) is 3.16. The molecule has 152 valence electrons. The van der Waals surface area contributed by atoms with Crippen LogP contribution in [0.2, 0.25) is 0 Å². The highest BCUT2D eigenvalue weighted by atomic mass is 16.5. The van der Waals surface area contributed by atoms with E-state index in [0.717, 1.165) is 28.9 Å². The average molecular weight is 395 g/mol. The summed E-state index contributed by atoms with van der Waals surface area (Å²) in [6, 6.07) is 15.1. The number of methoxy groups -OCH3 is 1. The van der Waals surface area contributed by atoms with Crippen LogP contribution in [0, 0.1) is 5.92 Å². The van der Waals surface area contributed by atoms with Crippen LogP contribution < -0.4 is 9.47 Å². The molecule has 0 bridgehead atoms. The zero-order valence-corrected chi connectivity index (χ0v) is 16.6. The van der Waals surface area contributed by atoms with Crippen molar-refractivity contribution in [3.05, 3.63) is 54.4 Å². The third kappa shape index (κ3) is 5.23. The number of hydrogen-bond donors (Lipinski definition) is 1. The highest BCUT2D eigenvalue weighted by Crippen LogP contribution is 2.35. The van der Waals surface area contributed by atoms with Crippen molar-refractivity contribution in [2.24, 2.45) is 5.92 Å². The fourth-order valence-corrected chi connectivity index (χ4v) is 3.00. The number of rotatable bonds is 10. The molecule has 2 aromatic carbocycles. The molecule has 0 amide bonds. The fourth-order valence-electron chi connectivity index (χ4n) is 3.00. The second kappa shape index (κ2) is 9.89. The summed E-state index contributed by atoms with van der Waals surface area (Å²) in [7, 11) is 1.63. The van der Waals surface area contributed by atoms with Crippen molar-refractivity contribution >= 4 is 6.29 Å². The van der Waals surface area contributed by atoms with E-state index < -0.39 is 0 Å².